The molecule has 0 amide bonds. The smallest absolute Gasteiger partial charge is 0.320 e. The predicted molar refractivity (Wildman–Crippen MR) is 111 cm³/mol. The standard InChI is InChI=1S/C21H44N2O4/c1-2-3-4-5-6-7-8-9-10-11-15-19(24)20(25)16-17(22)13-12-14-18(23)21(26)27/h17-20,24-25H,2-16,22-23H2,1H3,(H,26,27). The first kappa shape index (κ1) is 26.3. The Kier molecular flexibility index (Phi) is 17.0. The second kappa shape index (κ2) is 17.4. The van der Waals surface area contributed by atoms with Crippen LogP contribution in [-0.2, 0) is 4.79 Å². The van der Waals surface area contributed by atoms with Crippen LogP contribution in [0.4, 0.5) is 0 Å². The second-order valence-electron chi connectivity index (χ2n) is 7.98. The molecule has 0 spiro atoms. The SMILES string of the molecule is CCCCCCCCCCCCC(O)C(O)CC(N)CCCC(N)C(=O)O. The summed E-state index contributed by atoms with van der Waals surface area (Å²) >= 11 is 0. The van der Waals surface area contributed by atoms with Crippen molar-refractivity contribution in [1.82, 2.24) is 0 Å². The predicted octanol–water partition coefficient (Wildman–Crippen LogP) is 3.32. The fourth-order valence-electron chi connectivity index (χ4n) is 3.34. The van der Waals surface area contributed by atoms with Gasteiger partial charge in [-0.1, -0.05) is 71.1 Å². The van der Waals surface area contributed by atoms with Crippen LogP contribution < -0.4 is 11.5 Å². The molecule has 0 aromatic heterocycles. The minimum atomic E-state index is -1.00. The monoisotopic (exact) mass is 388 g/mol. The van der Waals surface area contributed by atoms with Crippen LogP contribution in [0.25, 0.3) is 0 Å². The number of unbranched alkanes of at least 4 members (excludes halogenated alkanes) is 9. The van der Waals surface area contributed by atoms with Crippen LogP contribution in [0, 0.1) is 0 Å². The van der Waals surface area contributed by atoms with Crippen molar-refractivity contribution < 1.29 is 20.1 Å². The lowest BCUT2D eigenvalue weighted by Gasteiger charge is -2.21. The van der Waals surface area contributed by atoms with E-state index in [0.29, 0.717) is 32.1 Å². The molecule has 4 atom stereocenters. The molecule has 0 aromatic carbocycles. The molecule has 27 heavy (non-hydrogen) atoms. The number of nitrogens with two attached hydrogens (primary N) is 2. The van der Waals surface area contributed by atoms with Crippen LogP contribution in [0.5, 0.6) is 0 Å². The van der Waals surface area contributed by atoms with Gasteiger partial charge in [-0.2, -0.15) is 0 Å². The zero-order chi connectivity index (χ0) is 20.5. The molecule has 0 aromatic rings. The van der Waals surface area contributed by atoms with E-state index in [-0.39, 0.29) is 6.04 Å². The molecule has 0 aliphatic carbocycles. The van der Waals surface area contributed by atoms with Gasteiger partial charge in [0, 0.05) is 6.04 Å². The van der Waals surface area contributed by atoms with E-state index in [0.717, 1.165) is 12.8 Å². The number of carboxylic acid groups (broad SMARTS) is 1. The number of aliphatic hydroxyl groups is 2. The van der Waals surface area contributed by atoms with Crippen LogP contribution in [-0.4, -0.2) is 45.6 Å². The van der Waals surface area contributed by atoms with Crippen LogP contribution in [0.2, 0.25) is 0 Å². The third-order valence-electron chi connectivity index (χ3n) is 5.25. The van der Waals surface area contributed by atoms with E-state index < -0.39 is 24.2 Å². The van der Waals surface area contributed by atoms with Crippen LogP contribution in [0.1, 0.15) is 103 Å². The third-order valence-corrected chi connectivity index (χ3v) is 5.25. The quantitative estimate of drug-likeness (QED) is 0.216. The van der Waals surface area contributed by atoms with Gasteiger partial charge in [0.1, 0.15) is 6.04 Å². The normalized spacial score (nSPS) is 16.0. The van der Waals surface area contributed by atoms with Gasteiger partial charge in [-0.25, -0.2) is 0 Å². The number of carbonyl (C=O) groups is 1. The van der Waals surface area contributed by atoms with Gasteiger partial charge in [0.25, 0.3) is 0 Å². The molecule has 0 aliphatic heterocycles. The first-order chi connectivity index (χ1) is 12.9. The average Bonchev–Trinajstić information content (AvgIpc) is 2.62. The molecule has 0 heterocycles. The summed E-state index contributed by atoms with van der Waals surface area (Å²) < 4.78 is 0. The minimum absolute atomic E-state index is 0.247. The first-order valence-electron chi connectivity index (χ1n) is 11.0. The van der Waals surface area contributed by atoms with Crippen molar-refractivity contribution in [3.05, 3.63) is 0 Å². The maximum absolute atomic E-state index is 10.6. The fraction of sp³-hybridized carbons (Fsp3) is 0.952. The number of aliphatic hydroxyl groups excluding tert-OH is 2. The Morgan fingerprint density at radius 1 is 0.741 bits per heavy atom. The van der Waals surface area contributed by atoms with E-state index in [4.69, 9.17) is 16.6 Å². The third kappa shape index (κ3) is 16.0. The van der Waals surface area contributed by atoms with Crippen molar-refractivity contribution in [2.45, 2.75) is 128 Å². The highest BCUT2D eigenvalue weighted by atomic mass is 16.4. The number of aliphatic carboxylic acids is 1. The Morgan fingerprint density at radius 2 is 1.26 bits per heavy atom. The summed E-state index contributed by atoms with van der Waals surface area (Å²) in [6.45, 7) is 2.23. The summed E-state index contributed by atoms with van der Waals surface area (Å²) in [6.07, 6.45) is 13.4. The topological polar surface area (TPSA) is 130 Å². The first-order valence-corrected chi connectivity index (χ1v) is 11.0. The van der Waals surface area contributed by atoms with E-state index >= 15 is 0 Å². The fourth-order valence-corrected chi connectivity index (χ4v) is 3.34. The molecule has 0 saturated heterocycles. The van der Waals surface area contributed by atoms with E-state index in [1.54, 1.807) is 0 Å². The van der Waals surface area contributed by atoms with Crippen LogP contribution in [0.15, 0.2) is 0 Å². The van der Waals surface area contributed by atoms with Crippen LogP contribution in [0.3, 0.4) is 0 Å². The molecule has 7 N–H and O–H groups in total. The van der Waals surface area contributed by atoms with Gasteiger partial charge in [0.2, 0.25) is 0 Å². The number of carboxylic acids is 1. The Balaban J connectivity index is 3.60. The van der Waals surface area contributed by atoms with Gasteiger partial charge < -0.3 is 26.8 Å². The van der Waals surface area contributed by atoms with Gasteiger partial charge in [-0.05, 0) is 32.1 Å². The Morgan fingerprint density at radius 3 is 1.78 bits per heavy atom. The van der Waals surface area contributed by atoms with Crippen molar-refractivity contribution in [1.29, 1.82) is 0 Å². The lowest BCUT2D eigenvalue weighted by atomic mass is 9.96. The summed E-state index contributed by atoms with van der Waals surface area (Å²) in [5.74, 6) is -1.00. The summed E-state index contributed by atoms with van der Waals surface area (Å²) in [6, 6.07) is -1.10. The Hall–Kier alpha value is -0.690. The largest absolute Gasteiger partial charge is 0.480 e. The van der Waals surface area contributed by atoms with E-state index in [2.05, 4.69) is 6.92 Å². The average molecular weight is 389 g/mol. The maximum Gasteiger partial charge on any atom is 0.320 e. The zero-order valence-electron chi connectivity index (χ0n) is 17.3. The van der Waals surface area contributed by atoms with E-state index in [1.807, 2.05) is 0 Å². The lowest BCUT2D eigenvalue weighted by Crippen LogP contribution is -2.34. The van der Waals surface area contributed by atoms with Crippen molar-refractivity contribution in [2.24, 2.45) is 11.5 Å². The Labute approximate surface area is 165 Å². The molecule has 0 fully saturated rings. The van der Waals surface area contributed by atoms with Crippen molar-refractivity contribution in [3.63, 3.8) is 0 Å². The van der Waals surface area contributed by atoms with Gasteiger partial charge in [-0.3, -0.25) is 4.79 Å². The van der Waals surface area contributed by atoms with E-state index in [9.17, 15) is 15.0 Å². The van der Waals surface area contributed by atoms with Gasteiger partial charge in [0.15, 0.2) is 0 Å². The zero-order valence-corrected chi connectivity index (χ0v) is 17.3. The highest BCUT2D eigenvalue weighted by Gasteiger charge is 2.19. The summed E-state index contributed by atoms with van der Waals surface area (Å²) in [4.78, 5) is 10.6. The highest BCUT2D eigenvalue weighted by molar-refractivity contribution is 5.72. The number of hydrogen-bond acceptors (Lipinski definition) is 5. The number of rotatable bonds is 19. The van der Waals surface area contributed by atoms with Crippen molar-refractivity contribution in [2.75, 3.05) is 0 Å². The molecule has 6 heteroatoms. The molecule has 4 unspecified atom stereocenters. The van der Waals surface area contributed by atoms with Crippen molar-refractivity contribution in [3.8, 4) is 0 Å². The minimum Gasteiger partial charge on any atom is -0.480 e. The molecular formula is C21H44N2O4. The van der Waals surface area contributed by atoms with E-state index in [1.165, 1.54) is 51.4 Å². The van der Waals surface area contributed by atoms with Crippen molar-refractivity contribution >= 4 is 5.97 Å². The molecule has 0 radical (unpaired) electrons. The molecule has 0 saturated carbocycles. The summed E-state index contributed by atoms with van der Waals surface area (Å²) in [5.41, 5.74) is 11.4. The maximum atomic E-state index is 10.6. The van der Waals surface area contributed by atoms with Gasteiger partial charge in [-0.15, -0.1) is 0 Å². The van der Waals surface area contributed by atoms with Gasteiger partial charge >= 0.3 is 5.97 Å². The Bertz CT molecular complexity index is 355. The number of hydrogen-bond donors (Lipinski definition) is 5. The summed E-state index contributed by atoms with van der Waals surface area (Å²) in [7, 11) is 0. The molecular weight excluding hydrogens is 344 g/mol. The molecule has 6 nitrogen and oxygen atoms in total. The lowest BCUT2D eigenvalue weighted by molar-refractivity contribution is -0.138. The summed E-state index contributed by atoms with van der Waals surface area (Å²) in [5, 5.41) is 28.9. The molecule has 0 rings (SSSR count). The second-order valence-corrected chi connectivity index (χ2v) is 7.98. The molecule has 162 valence electrons. The van der Waals surface area contributed by atoms with Gasteiger partial charge in [0.05, 0.1) is 12.2 Å². The molecule has 0 bridgehead atoms. The van der Waals surface area contributed by atoms with Crippen LogP contribution >= 0.6 is 0 Å². The highest BCUT2D eigenvalue weighted by Crippen LogP contribution is 2.15. The molecule has 0 aliphatic rings.